The number of benzene rings is 2. The minimum Gasteiger partial charge on any atom is -0.495 e. The fourth-order valence-electron chi connectivity index (χ4n) is 3.67. The first kappa shape index (κ1) is 20.0. The SMILES string of the molecule is CCC(C(N)=O)c1c(C)n(C(=O)c2ccc(C)cc2)c2cc(Cl)c(OC)cc12. The van der Waals surface area contributed by atoms with Crippen LogP contribution in [0.15, 0.2) is 36.4 Å². The number of nitrogens with two attached hydrogens (primary N) is 1. The second-order valence-corrected chi connectivity index (χ2v) is 7.28. The smallest absolute Gasteiger partial charge is 0.262 e. The molecule has 0 bridgehead atoms. The molecule has 1 atom stereocenters. The summed E-state index contributed by atoms with van der Waals surface area (Å²) in [5, 5.41) is 1.13. The van der Waals surface area contributed by atoms with Crippen molar-refractivity contribution >= 4 is 34.3 Å². The predicted molar refractivity (Wildman–Crippen MR) is 111 cm³/mol. The maximum Gasteiger partial charge on any atom is 0.262 e. The van der Waals surface area contributed by atoms with Crippen molar-refractivity contribution in [2.24, 2.45) is 5.73 Å². The Morgan fingerprint density at radius 1 is 1.18 bits per heavy atom. The number of rotatable bonds is 5. The minimum absolute atomic E-state index is 0.186. The van der Waals surface area contributed by atoms with Crippen molar-refractivity contribution in [1.29, 1.82) is 0 Å². The zero-order chi connectivity index (χ0) is 20.6. The van der Waals surface area contributed by atoms with E-state index in [0.717, 1.165) is 16.5 Å². The number of aromatic nitrogens is 1. The third kappa shape index (κ3) is 3.27. The van der Waals surface area contributed by atoms with Crippen LogP contribution in [-0.4, -0.2) is 23.5 Å². The van der Waals surface area contributed by atoms with E-state index in [-0.39, 0.29) is 5.91 Å². The number of carbonyl (C=O) groups excluding carboxylic acids is 2. The third-order valence-electron chi connectivity index (χ3n) is 5.13. The Hall–Kier alpha value is -2.79. The van der Waals surface area contributed by atoms with E-state index in [1.807, 2.05) is 32.9 Å². The summed E-state index contributed by atoms with van der Waals surface area (Å²) in [5.41, 5.74) is 9.32. The van der Waals surface area contributed by atoms with Crippen LogP contribution in [0.4, 0.5) is 0 Å². The molecule has 1 aromatic heterocycles. The number of nitrogens with zero attached hydrogens (tertiary/aromatic N) is 1. The zero-order valence-electron chi connectivity index (χ0n) is 16.4. The van der Waals surface area contributed by atoms with E-state index < -0.39 is 11.8 Å². The number of amides is 1. The molecule has 2 aromatic carbocycles. The summed E-state index contributed by atoms with van der Waals surface area (Å²) in [7, 11) is 1.53. The molecule has 146 valence electrons. The lowest BCUT2D eigenvalue weighted by molar-refractivity contribution is -0.119. The summed E-state index contributed by atoms with van der Waals surface area (Å²) in [6.07, 6.45) is 0.527. The van der Waals surface area contributed by atoms with Gasteiger partial charge in [0.15, 0.2) is 0 Å². The van der Waals surface area contributed by atoms with Gasteiger partial charge in [-0.25, -0.2) is 0 Å². The van der Waals surface area contributed by atoms with Crippen LogP contribution in [0, 0.1) is 13.8 Å². The third-order valence-corrected chi connectivity index (χ3v) is 5.42. The number of hydrogen-bond donors (Lipinski definition) is 1. The summed E-state index contributed by atoms with van der Waals surface area (Å²) < 4.78 is 6.95. The summed E-state index contributed by atoms with van der Waals surface area (Å²) in [6.45, 7) is 5.69. The standard InChI is InChI=1S/C22H23ClN2O3/c1-5-15(21(24)26)20-13(3)25(22(27)14-8-6-12(2)7-9-14)18-11-17(23)19(28-4)10-16(18)20/h6-11,15H,5H2,1-4H3,(H2,24,26). The van der Waals surface area contributed by atoms with Crippen molar-refractivity contribution in [3.8, 4) is 5.75 Å². The highest BCUT2D eigenvalue weighted by atomic mass is 35.5. The molecule has 1 amide bonds. The highest BCUT2D eigenvalue weighted by molar-refractivity contribution is 6.33. The Morgan fingerprint density at radius 2 is 1.82 bits per heavy atom. The van der Waals surface area contributed by atoms with Gasteiger partial charge >= 0.3 is 0 Å². The van der Waals surface area contributed by atoms with Crippen LogP contribution >= 0.6 is 11.6 Å². The number of ether oxygens (including phenoxy) is 1. The molecule has 1 heterocycles. The van der Waals surface area contributed by atoms with Gasteiger partial charge < -0.3 is 10.5 Å². The number of fused-ring (bicyclic) bond motifs is 1. The summed E-state index contributed by atoms with van der Waals surface area (Å²) in [4.78, 5) is 25.4. The zero-order valence-corrected chi connectivity index (χ0v) is 17.1. The molecule has 3 aromatic rings. The van der Waals surface area contributed by atoms with Crippen LogP contribution in [-0.2, 0) is 4.79 Å². The fourth-order valence-corrected chi connectivity index (χ4v) is 3.91. The Bertz CT molecular complexity index is 1070. The van der Waals surface area contributed by atoms with Gasteiger partial charge in [-0.05, 0) is 50.1 Å². The van der Waals surface area contributed by atoms with E-state index in [1.165, 1.54) is 7.11 Å². The van der Waals surface area contributed by atoms with Gasteiger partial charge in [-0.15, -0.1) is 0 Å². The monoisotopic (exact) mass is 398 g/mol. The lowest BCUT2D eigenvalue weighted by Crippen LogP contribution is -2.22. The van der Waals surface area contributed by atoms with Gasteiger partial charge in [-0.2, -0.15) is 0 Å². The number of halogens is 1. The highest BCUT2D eigenvalue weighted by Gasteiger charge is 2.28. The van der Waals surface area contributed by atoms with Crippen LogP contribution in [0.3, 0.4) is 0 Å². The van der Waals surface area contributed by atoms with Crippen LogP contribution in [0.1, 0.15) is 46.4 Å². The first-order valence-corrected chi connectivity index (χ1v) is 9.47. The molecule has 1 unspecified atom stereocenters. The van der Waals surface area contributed by atoms with Crippen molar-refractivity contribution in [1.82, 2.24) is 4.57 Å². The molecule has 0 fully saturated rings. The molecule has 0 aliphatic carbocycles. The topological polar surface area (TPSA) is 74.3 Å². The average Bonchev–Trinajstić information content (AvgIpc) is 2.93. The van der Waals surface area contributed by atoms with E-state index >= 15 is 0 Å². The van der Waals surface area contributed by atoms with Crippen molar-refractivity contribution in [3.63, 3.8) is 0 Å². The second-order valence-electron chi connectivity index (χ2n) is 6.87. The first-order chi connectivity index (χ1) is 13.3. The Kier molecular flexibility index (Phi) is 5.47. The van der Waals surface area contributed by atoms with Crippen LogP contribution in [0.2, 0.25) is 5.02 Å². The fraction of sp³-hybridized carbons (Fsp3) is 0.273. The maximum atomic E-state index is 13.3. The molecule has 28 heavy (non-hydrogen) atoms. The molecule has 0 aliphatic rings. The van der Waals surface area contributed by atoms with E-state index in [1.54, 1.807) is 28.8 Å². The number of aryl methyl sites for hydroxylation is 1. The normalized spacial score (nSPS) is 12.2. The maximum absolute atomic E-state index is 13.3. The number of methoxy groups -OCH3 is 1. The van der Waals surface area contributed by atoms with Crippen molar-refractivity contribution < 1.29 is 14.3 Å². The molecule has 0 spiro atoms. The van der Waals surface area contributed by atoms with Gasteiger partial charge in [0.2, 0.25) is 5.91 Å². The van der Waals surface area contributed by atoms with Crippen molar-refractivity contribution in [3.05, 3.63) is 63.8 Å². The van der Waals surface area contributed by atoms with Crippen LogP contribution < -0.4 is 10.5 Å². The molecule has 5 nitrogen and oxygen atoms in total. The predicted octanol–water partition coefficient (Wildman–Crippen LogP) is 4.59. The van der Waals surface area contributed by atoms with Crippen LogP contribution in [0.25, 0.3) is 10.9 Å². The van der Waals surface area contributed by atoms with E-state index in [0.29, 0.717) is 34.0 Å². The quantitative estimate of drug-likeness (QED) is 0.683. The van der Waals surface area contributed by atoms with Gasteiger partial charge in [0, 0.05) is 16.6 Å². The van der Waals surface area contributed by atoms with E-state index in [2.05, 4.69) is 0 Å². The molecule has 0 saturated heterocycles. The Balaban J connectivity index is 2.35. The second kappa shape index (κ2) is 7.68. The highest BCUT2D eigenvalue weighted by Crippen LogP contribution is 2.39. The molecule has 0 radical (unpaired) electrons. The number of carbonyl (C=O) groups is 2. The number of hydrogen-bond acceptors (Lipinski definition) is 3. The summed E-state index contributed by atoms with van der Waals surface area (Å²) in [6, 6.07) is 10.8. The van der Waals surface area contributed by atoms with Crippen LogP contribution in [0.5, 0.6) is 5.75 Å². The largest absolute Gasteiger partial charge is 0.495 e. The molecular formula is C22H23ClN2O3. The molecule has 3 rings (SSSR count). The van der Waals surface area contributed by atoms with Gasteiger partial charge in [-0.1, -0.05) is 36.2 Å². The summed E-state index contributed by atoms with van der Waals surface area (Å²) >= 11 is 6.34. The molecule has 2 N–H and O–H groups in total. The van der Waals surface area contributed by atoms with E-state index in [4.69, 9.17) is 22.1 Å². The average molecular weight is 399 g/mol. The molecular weight excluding hydrogens is 376 g/mol. The molecule has 0 saturated carbocycles. The van der Waals surface area contributed by atoms with E-state index in [9.17, 15) is 9.59 Å². The Morgan fingerprint density at radius 3 is 2.36 bits per heavy atom. The summed E-state index contributed by atoms with van der Waals surface area (Å²) in [5.74, 6) is -0.647. The lowest BCUT2D eigenvalue weighted by atomic mass is 9.93. The van der Waals surface area contributed by atoms with Crippen molar-refractivity contribution in [2.75, 3.05) is 7.11 Å². The first-order valence-electron chi connectivity index (χ1n) is 9.09. The van der Waals surface area contributed by atoms with Gasteiger partial charge in [0.1, 0.15) is 5.75 Å². The Labute approximate surface area is 169 Å². The minimum atomic E-state index is -0.513. The number of primary amides is 1. The van der Waals surface area contributed by atoms with Gasteiger partial charge in [0.25, 0.3) is 5.91 Å². The molecule has 6 heteroatoms. The molecule has 0 aliphatic heterocycles. The lowest BCUT2D eigenvalue weighted by Gasteiger charge is -2.13. The van der Waals surface area contributed by atoms with Gasteiger partial charge in [0.05, 0.1) is 23.6 Å². The van der Waals surface area contributed by atoms with Crippen molar-refractivity contribution in [2.45, 2.75) is 33.1 Å². The van der Waals surface area contributed by atoms with Gasteiger partial charge in [-0.3, -0.25) is 14.2 Å².